The van der Waals surface area contributed by atoms with Crippen LogP contribution < -0.4 is 14.2 Å². The molecular formula is C16H14N4O6S2. The van der Waals surface area contributed by atoms with E-state index in [2.05, 4.69) is 14.1 Å². The number of aromatic nitrogens is 2. The quantitative estimate of drug-likeness (QED) is 0.454. The number of nitro benzene ring substituents is 1. The molecule has 0 aliphatic carbocycles. The van der Waals surface area contributed by atoms with Gasteiger partial charge in [0, 0.05) is 23.8 Å². The molecule has 0 radical (unpaired) electrons. The van der Waals surface area contributed by atoms with E-state index < -0.39 is 14.9 Å². The smallest absolute Gasteiger partial charge is 0.270 e. The van der Waals surface area contributed by atoms with E-state index in [1.54, 1.807) is 6.07 Å². The molecule has 3 aromatic rings. The Kier molecular flexibility index (Phi) is 5.42. The first-order valence-electron chi connectivity index (χ1n) is 7.67. The van der Waals surface area contributed by atoms with Gasteiger partial charge in [0.05, 0.1) is 24.0 Å². The van der Waals surface area contributed by atoms with Gasteiger partial charge in [0.15, 0.2) is 11.5 Å². The minimum atomic E-state index is -3.97. The lowest BCUT2D eigenvalue weighted by molar-refractivity contribution is -0.384. The lowest BCUT2D eigenvalue weighted by Crippen LogP contribution is -2.14. The van der Waals surface area contributed by atoms with Gasteiger partial charge in [-0.2, -0.15) is 9.36 Å². The van der Waals surface area contributed by atoms with Crippen LogP contribution >= 0.6 is 11.5 Å². The van der Waals surface area contributed by atoms with Crippen molar-refractivity contribution in [1.82, 2.24) is 9.36 Å². The summed E-state index contributed by atoms with van der Waals surface area (Å²) in [6, 6.07) is 9.98. The molecule has 146 valence electrons. The average molecular weight is 422 g/mol. The summed E-state index contributed by atoms with van der Waals surface area (Å²) in [6.07, 6.45) is 0. The molecular weight excluding hydrogens is 408 g/mol. The van der Waals surface area contributed by atoms with E-state index in [1.165, 1.54) is 50.6 Å². The van der Waals surface area contributed by atoms with Crippen LogP contribution in [0.5, 0.6) is 11.5 Å². The molecule has 1 N–H and O–H groups in total. The molecule has 0 aliphatic heterocycles. The van der Waals surface area contributed by atoms with Gasteiger partial charge in [0.2, 0.25) is 5.95 Å². The molecule has 0 fully saturated rings. The summed E-state index contributed by atoms with van der Waals surface area (Å²) in [7, 11) is -1.13. The van der Waals surface area contributed by atoms with E-state index in [9.17, 15) is 18.5 Å². The summed E-state index contributed by atoms with van der Waals surface area (Å²) in [5.41, 5.74) is 0.364. The summed E-state index contributed by atoms with van der Waals surface area (Å²) in [5.74, 6) is 0.511. The minimum absolute atomic E-state index is 0.0585. The molecule has 12 heteroatoms. The molecule has 0 bridgehead atoms. The van der Waals surface area contributed by atoms with Crippen LogP contribution in [0.4, 0.5) is 11.6 Å². The van der Waals surface area contributed by atoms with Crippen LogP contribution in [0, 0.1) is 10.1 Å². The summed E-state index contributed by atoms with van der Waals surface area (Å²) >= 11 is 0.917. The van der Waals surface area contributed by atoms with Crippen molar-refractivity contribution in [3.63, 3.8) is 0 Å². The SMILES string of the molecule is COc1ccc(S(=O)(=O)Nc2nsc(-c3cccc([N+](=O)[O-])c3)n2)cc1OC. The predicted octanol–water partition coefficient (Wildman–Crippen LogP) is 2.93. The molecule has 2 aromatic carbocycles. The van der Waals surface area contributed by atoms with E-state index >= 15 is 0 Å². The fourth-order valence-electron chi connectivity index (χ4n) is 2.30. The number of non-ortho nitro benzene ring substituents is 1. The normalized spacial score (nSPS) is 11.1. The average Bonchev–Trinajstić information content (AvgIpc) is 3.15. The molecule has 0 atom stereocenters. The highest BCUT2D eigenvalue weighted by molar-refractivity contribution is 7.92. The van der Waals surface area contributed by atoms with Crippen LogP contribution in [0.25, 0.3) is 10.6 Å². The molecule has 0 unspecified atom stereocenters. The predicted molar refractivity (Wildman–Crippen MR) is 102 cm³/mol. The number of benzene rings is 2. The summed E-state index contributed by atoms with van der Waals surface area (Å²) in [5, 5.41) is 11.2. The minimum Gasteiger partial charge on any atom is -0.493 e. The van der Waals surface area contributed by atoms with Crippen molar-refractivity contribution >= 4 is 33.2 Å². The van der Waals surface area contributed by atoms with E-state index in [1.807, 2.05) is 0 Å². The van der Waals surface area contributed by atoms with Crippen LogP contribution in [-0.4, -0.2) is 36.9 Å². The lowest BCUT2D eigenvalue weighted by atomic mass is 10.2. The second-order valence-corrected chi connectivity index (χ2v) is 7.79. The number of rotatable bonds is 7. The van der Waals surface area contributed by atoms with E-state index in [0.717, 1.165) is 11.5 Å². The molecule has 0 aliphatic rings. The highest BCUT2D eigenvalue weighted by atomic mass is 32.2. The number of nitro groups is 1. The van der Waals surface area contributed by atoms with E-state index in [-0.39, 0.29) is 22.3 Å². The third kappa shape index (κ3) is 4.02. The van der Waals surface area contributed by atoms with Gasteiger partial charge in [0.25, 0.3) is 15.7 Å². The Bertz CT molecular complexity index is 1130. The summed E-state index contributed by atoms with van der Waals surface area (Å²) in [4.78, 5) is 14.4. The van der Waals surface area contributed by atoms with Crippen LogP contribution in [0.2, 0.25) is 0 Å². The molecule has 28 heavy (non-hydrogen) atoms. The van der Waals surface area contributed by atoms with Crippen LogP contribution in [0.15, 0.2) is 47.4 Å². The van der Waals surface area contributed by atoms with Crippen molar-refractivity contribution in [3.05, 3.63) is 52.6 Å². The largest absolute Gasteiger partial charge is 0.493 e. The van der Waals surface area contributed by atoms with Crippen LogP contribution in [0.1, 0.15) is 0 Å². The monoisotopic (exact) mass is 422 g/mol. The first-order chi connectivity index (χ1) is 13.3. The number of hydrogen-bond acceptors (Lipinski definition) is 9. The highest BCUT2D eigenvalue weighted by Gasteiger charge is 2.20. The Hall–Kier alpha value is -3.25. The van der Waals surface area contributed by atoms with Gasteiger partial charge in [0.1, 0.15) is 5.01 Å². The second kappa shape index (κ2) is 7.78. The standard InChI is InChI=1S/C16H14N4O6S2/c1-25-13-7-6-12(9-14(13)26-2)28(23,24)19-16-17-15(27-18-16)10-4-3-5-11(8-10)20(21)22/h3-9H,1-2H3,(H,18,19). The molecule has 0 spiro atoms. The highest BCUT2D eigenvalue weighted by Crippen LogP contribution is 2.31. The van der Waals surface area contributed by atoms with Crippen molar-refractivity contribution < 1.29 is 22.8 Å². The van der Waals surface area contributed by atoms with Gasteiger partial charge in [-0.1, -0.05) is 12.1 Å². The van der Waals surface area contributed by atoms with Crippen LogP contribution in [0.3, 0.4) is 0 Å². The Labute approximate surface area is 164 Å². The first kappa shape index (κ1) is 19.5. The number of hydrogen-bond donors (Lipinski definition) is 1. The van der Waals surface area contributed by atoms with Crippen molar-refractivity contribution in [3.8, 4) is 22.1 Å². The maximum absolute atomic E-state index is 12.6. The van der Waals surface area contributed by atoms with Gasteiger partial charge in [-0.15, -0.1) is 0 Å². The molecule has 1 heterocycles. The van der Waals surface area contributed by atoms with Crippen molar-refractivity contribution in [2.24, 2.45) is 0 Å². The van der Waals surface area contributed by atoms with Gasteiger partial charge in [-0.05, 0) is 23.7 Å². The topological polar surface area (TPSA) is 134 Å². The number of nitrogens with zero attached hydrogens (tertiary/aromatic N) is 3. The fourth-order valence-corrected chi connectivity index (χ4v) is 3.93. The van der Waals surface area contributed by atoms with Gasteiger partial charge in [-0.25, -0.2) is 13.1 Å². The molecule has 10 nitrogen and oxygen atoms in total. The first-order valence-corrected chi connectivity index (χ1v) is 9.93. The summed E-state index contributed by atoms with van der Waals surface area (Å²) in [6.45, 7) is 0. The van der Waals surface area contributed by atoms with Gasteiger partial charge >= 0.3 is 0 Å². The van der Waals surface area contributed by atoms with Crippen molar-refractivity contribution in [2.45, 2.75) is 4.90 Å². The second-order valence-electron chi connectivity index (χ2n) is 5.35. The number of methoxy groups -OCH3 is 2. The van der Waals surface area contributed by atoms with Gasteiger partial charge < -0.3 is 9.47 Å². The van der Waals surface area contributed by atoms with Crippen LogP contribution in [-0.2, 0) is 10.0 Å². The molecule has 0 saturated heterocycles. The van der Waals surface area contributed by atoms with Crippen molar-refractivity contribution in [1.29, 1.82) is 0 Å². The number of sulfonamides is 1. The summed E-state index contributed by atoms with van der Waals surface area (Å²) < 4.78 is 41.6. The molecule has 3 rings (SSSR count). The number of nitrogens with one attached hydrogen (secondary N) is 1. The lowest BCUT2D eigenvalue weighted by Gasteiger charge is -2.10. The third-order valence-electron chi connectivity index (χ3n) is 3.62. The Balaban J connectivity index is 1.86. The zero-order valence-corrected chi connectivity index (χ0v) is 16.3. The molecule has 0 amide bonds. The number of ether oxygens (including phenoxy) is 2. The molecule has 0 saturated carbocycles. The zero-order chi connectivity index (χ0) is 20.3. The maximum Gasteiger partial charge on any atom is 0.270 e. The third-order valence-corrected chi connectivity index (χ3v) is 5.71. The van der Waals surface area contributed by atoms with E-state index in [0.29, 0.717) is 16.3 Å². The molecule has 1 aromatic heterocycles. The Morgan fingerprint density at radius 3 is 2.54 bits per heavy atom. The Morgan fingerprint density at radius 1 is 1.11 bits per heavy atom. The number of anilines is 1. The van der Waals surface area contributed by atoms with E-state index in [4.69, 9.17) is 9.47 Å². The fraction of sp³-hybridized carbons (Fsp3) is 0.125. The van der Waals surface area contributed by atoms with Gasteiger partial charge in [-0.3, -0.25) is 10.1 Å². The zero-order valence-electron chi connectivity index (χ0n) is 14.6. The van der Waals surface area contributed by atoms with Crippen molar-refractivity contribution in [2.75, 3.05) is 18.9 Å². The maximum atomic E-state index is 12.6. The Morgan fingerprint density at radius 2 is 1.86 bits per heavy atom.